The second-order valence-electron chi connectivity index (χ2n) is 6.09. The number of carbonyl (C=O) groups excluding carboxylic acids is 2. The lowest BCUT2D eigenvalue weighted by Gasteiger charge is -2.25. The van der Waals surface area contributed by atoms with Gasteiger partial charge >= 0.3 is 11.0 Å². The molecule has 1 aliphatic rings. The van der Waals surface area contributed by atoms with Gasteiger partial charge in [-0.2, -0.15) is 0 Å². The summed E-state index contributed by atoms with van der Waals surface area (Å²) in [7, 11) is 0. The Morgan fingerprint density at radius 1 is 1.46 bits per heavy atom. The molecule has 0 spiro atoms. The lowest BCUT2D eigenvalue weighted by atomic mass is 10.1. The van der Waals surface area contributed by atoms with E-state index in [1.54, 1.807) is 0 Å². The molecule has 2 atom stereocenters. The van der Waals surface area contributed by atoms with Crippen molar-refractivity contribution in [2.24, 2.45) is 0 Å². The van der Waals surface area contributed by atoms with Crippen molar-refractivity contribution in [2.45, 2.75) is 51.1 Å². The molecule has 1 fully saturated rings. The fourth-order valence-corrected chi connectivity index (χ4v) is 3.67. The molecule has 9 nitrogen and oxygen atoms in total. The summed E-state index contributed by atoms with van der Waals surface area (Å²) in [5, 5.41) is 22.4. The molecule has 0 radical (unpaired) electrons. The molecule has 0 saturated carbocycles. The summed E-state index contributed by atoms with van der Waals surface area (Å²) in [6, 6.07) is 0.892. The van der Waals surface area contributed by atoms with Crippen molar-refractivity contribution in [3.05, 3.63) is 27.1 Å². The van der Waals surface area contributed by atoms with Crippen LogP contribution in [0, 0.1) is 10.1 Å². The largest absolute Gasteiger partial charge is 0.480 e. The third-order valence-corrected chi connectivity index (χ3v) is 5.28. The lowest BCUT2D eigenvalue weighted by Crippen LogP contribution is -2.50. The maximum absolute atomic E-state index is 12.6. The van der Waals surface area contributed by atoms with Gasteiger partial charge < -0.3 is 15.3 Å². The Labute approximate surface area is 154 Å². The van der Waals surface area contributed by atoms with Gasteiger partial charge in [-0.3, -0.25) is 19.7 Å². The number of unbranched alkanes of at least 4 members (excludes halogenated alkanes) is 1. The Balaban J connectivity index is 2.07. The summed E-state index contributed by atoms with van der Waals surface area (Å²) in [5.74, 6) is -2.04. The van der Waals surface area contributed by atoms with Gasteiger partial charge in [0.15, 0.2) is 0 Å². The Morgan fingerprint density at radius 2 is 2.19 bits per heavy atom. The van der Waals surface area contributed by atoms with Gasteiger partial charge in [0.1, 0.15) is 12.1 Å². The predicted molar refractivity (Wildman–Crippen MR) is 94.1 cm³/mol. The monoisotopic (exact) mass is 383 g/mol. The molecule has 1 unspecified atom stereocenters. The van der Waals surface area contributed by atoms with E-state index in [0.717, 1.165) is 17.8 Å². The van der Waals surface area contributed by atoms with Gasteiger partial charge in [-0.1, -0.05) is 31.1 Å². The van der Waals surface area contributed by atoms with E-state index in [-0.39, 0.29) is 9.88 Å². The van der Waals surface area contributed by atoms with Gasteiger partial charge in [-0.15, -0.1) is 0 Å². The molecule has 10 heteroatoms. The van der Waals surface area contributed by atoms with Crippen molar-refractivity contribution in [1.29, 1.82) is 0 Å². The molecule has 1 aromatic heterocycles. The predicted octanol–water partition coefficient (Wildman–Crippen LogP) is 2.02. The highest BCUT2D eigenvalue weighted by atomic mass is 32.1. The van der Waals surface area contributed by atoms with Crippen LogP contribution in [0.15, 0.2) is 12.1 Å². The highest BCUT2D eigenvalue weighted by Crippen LogP contribution is 2.28. The summed E-state index contributed by atoms with van der Waals surface area (Å²) < 4.78 is 0. The second kappa shape index (κ2) is 8.75. The zero-order chi connectivity index (χ0) is 19.3. The zero-order valence-electron chi connectivity index (χ0n) is 14.3. The molecule has 2 N–H and O–H groups in total. The molecule has 142 valence electrons. The molecule has 2 rings (SSSR count). The number of rotatable bonds is 8. The van der Waals surface area contributed by atoms with Crippen molar-refractivity contribution >= 4 is 34.1 Å². The van der Waals surface area contributed by atoms with E-state index in [0.29, 0.717) is 32.2 Å². The molecule has 2 heterocycles. The molecule has 2 amide bonds. The summed E-state index contributed by atoms with van der Waals surface area (Å²) >= 11 is 0.763. The van der Waals surface area contributed by atoms with Crippen molar-refractivity contribution in [3.63, 3.8) is 0 Å². The molecule has 1 aliphatic heterocycles. The van der Waals surface area contributed by atoms with E-state index in [2.05, 4.69) is 5.32 Å². The van der Waals surface area contributed by atoms with Gasteiger partial charge in [0.25, 0.3) is 5.91 Å². The number of aliphatic carboxylic acids is 1. The number of carboxylic acids is 1. The first-order valence-electron chi connectivity index (χ1n) is 8.43. The summed E-state index contributed by atoms with van der Waals surface area (Å²) in [6.07, 6.45) is 2.86. The molecule has 0 aliphatic carbocycles. The van der Waals surface area contributed by atoms with E-state index in [4.69, 9.17) is 0 Å². The van der Waals surface area contributed by atoms with Crippen LogP contribution in [0.1, 0.15) is 48.7 Å². The van der Waals surface area contributed by atoms with Gasteiger partial charge in [0.05, 0.1) is 9.80 Å². The Bertz CT molecular complexity index is 704. The maximum atomic E-state index is 12.6. The third-order valence-electron chi connectivity index (χ3n) is 4.26. The molecule has 1 aromatic rings. The minimum absolute atomic E-state index is 0.140. The average molecular weight is 383 g/mol. The first kappa shape index (κ1) is 19.8. The van der Waals surface area contributed by atoms with Crippen LogP contribution in [0.4, 0.5) is 5.00 Å². The average Bonchev–Trinajstić information content (AvgIpc) is 3.26. The Morgan fingerprint density at radius 3 is 2.77 bits per heavy atom. The lowest BCUT2D eigenvalue weighted by molar-refractivity contribution is -0.380. The number of nitro groups is 1. The highest BCUT2D eigenvalue weighted by Gasteiger charge is 2.36. The van der Waals surface area contributed by atoms with Crippen molar-refractivity contribution in [3.8, 4) is 0 Å². The van der Waals surface area contributed by atoms with Crippen molar-refractivity contribution in [2.75, 3.05) is 6.54 Å². The Hall–Kier alpha value is -2.49. The Kier molecular flexibility index (Phi) is 6.67. The van der Waals surface area contributed by atoms with Crippen LogP contribution in [-0.4, -0.2) is 51.3 Å². The number of nitrogens with one attached hydrogen (secondary N) is 1. The standard InChI is InChI=1S/C16H21N3O6S/c1-2-3-5-10(16(22)23)17-14(20)11-6-4-9-18(11)15(21)12-7-8-13(26-12)19(24)25/h7-8,10-11H,2-6,9H2,1H3,(H,17,20)(H,22,23)/t10-,11?/m0/s1. The minimum Gasteiger partial charge on any atom is -0.480 e. The number of likely N-dealkylation sites (tertiary alicyclic amines) is 1. The number of hydrogen-bond donors (Lipinski definition) is 2. The first-order chi connectivity index (χ1) is 12.3. The molecular weight excluding hydrogens is 362 g/mol. The number of carbonyl (C=O) groups is 3. The molecule has 26 heavy (non-hydrogen) atoms. The van der Waals surface area contributed by atoms with Gasteiger partial charge in [-0.05, 0) is 25.3 Å². The van der Waals surface area contributed by atoms with E-state index < -0.39 is 34.8 Å². The summed E-state index contributed by atoms with van der Waals surface area (Å²) in [4.78, 5) is 48.2. The third kappa shape index (κ3) is 4.57. The summed E-state index contributed by atoms with van der Waals surface area (Å²) in [6.45, 7) is 2.29. The van der Waals surface area contributed by atoms with Crippen LogP contribution >= 0.6 is 11.3 Å². The maximum Gasteiger partial charge on any atom is 0.326 e. The number of hydrogen-bond acceptors (Lipinski definition) is 6. The van der Waals surface area contributed by atoms with Crippen LogP contribution in [0.2, 0.25) is 0 Å². The fourth-order valence-electron chi connectivity index (χ4n) is 2.90. The van der Waals surface area contributed by atoms with Crippen LogP contribution in [0.25, 0.3) is 0 Å². The highest BCUT2D eigenvalue weighted by molar-refractivity contribution is 7.17. The van der Waals surface area contributed by atoms with E-state index in [1.807, 2.05) is 6.92 Å². The quantitative estimate of drug-likeness (QED) is 0.522. The van der Waals surface area contributed by atoms with Gasteiger partial charge in [-0.25, -0.2) is 4.79 Å². The normalized spacial score (nSPS) is 17.7. The van der Waals surface area contributed by atoms with Crippen LogP contribution in [0.5, 0.6) is 0 Å². The molecule has 1 saturated heterocycles. The van der Waals surface area contributed by atoms with Gasteiger partial charge in [0.2, 0.25) is 5.91 Å². The van der Waals surface area contributed by atoms with Crippen LogP contribution in [-0.2, 0) is 9.59 Å². The van der Waals surface area contributed by atoms with Gasteiger partial charge in [0, 0.05) is 12.6 Å². The second-order valence-corrected chi connectivity index (χ2v) is 7.16. The SMILES string of the molecule is CCCC[C@H](NC(=O)C1CCCN1C(=O)c1ccc([N+](=O)[O-])s1)C(=O)O. The summed E-state index contributed by atoms with van der Waals surface area (Å²) in [5.41, 5.74) is 0. The minimum atomic E-state index is -1.10. The van der Waals surface area contributed by atoms with E-state index in [1.165, 1.54) is 17.0 Å². The smallest absolute Gasteiger partial charge is 0.326 e. The topological polar surface area (TPSA) is 130 Å². The van der Waals surface area contributed by atoms with Crippen molar-refractivity contribution < 1.29 is 24.4 Å². The molecule has 0 bridgehead atoms. The number of carboxylic acid groups (broad SMARTS) is 1. The molecular formula is C16H21N3O6S. The zero-order valence-corrected chi connectivity index (χ0v) is 15.2. The van der Waals surface area contributed by atoms with E-state index >= 15 is 0 Å². The fraction of sp³-hybridized carbons (Fsp3) is 0.562. The number of thiophene rings is 1. The van der Waals surface area contributed by atoms with Crippen molar-refractivity contribution in [1.82, 2.24) is 10.2 Å². The molecule has 0 aromatic carbocycles. The van der Waals surface area contributed by atoms with E-state index in [9.17, 15) is 29.6 Å². The first-order valence-corrected chi connectivity index (χ1v) is 9.25. The number of amides is 2. The number of nitrogens with zero attached hydrogens (tertiary/aromatic N) is 2. The van der Waals surface area contributed by atoms with Crippen LogP contribution < -0.4 is 5.32 Å². The van der Waals surface area contributed by atoms with Crippen LogP contribution in [0.3, 0.4) is 0 Å².